The van der Waals surface area contributed by atoms with Crippen LogP contribution in [0.1, 0.15) is 35.3 Å². The summed E-state index contributed by atoms with van der Waals surface area (Å²) in [6.07, 6.45) is -0.957. The molecule has 33 heavy (non-hydrogen) atoms. The summed E-state index contributed by atoms with van der Waals surface area (Å²) < 4.78 is 67.8. The first-order chi connectivity index (χ1) is 15.7. The average molecular weight is 479 g/mol. The van der Waals surface area contributed by atoms with Crippen molar-refractivity contribution in [2.45, 2.75) is 30.3 Å². The Labute approximate surface area is 188 Å². The summed E-state index contributed by atoms with van der Waals surface area (Å²) in [7, 11) is -3.69. The number of hydrogen-bond acceptors (Lipinski definition) is 5. The Morgan fingerprint density at radius 2 is 1.73 bits per heavy atom. The number of halogens is 3. The van der Waals surface area contributed by atoms with Gasteiger partial charge in [-0.3, -0.25) is 4.79 Å². The van der Waals surface area contributed by atoms with Gasteiger partial charge in [0.25, 0.3) is 5.91 Å². The molecular weight excluding hydrogens is 459 g/mol. The number of benzene rings is 2. The van der Waals surface area contributed by atoms with Crippen LogP contribution < -0.4 is 5.32 Å². The van der Waals surface area contributed by atoms with E-state index in [0.717, 1.165) is 36.2 Å². The van der Waals surface area contributed by atoms with Gasteiger partial charge in [0.1, 0.15) is 0 Å². The molecule has 0 saturated carbocycles. The third-order valence-corrected chi connectivity index (χ3v) is 7.12. The highest BCUT2D eigenvalue weighted by Gasteiger charge is 2.34. The number of para-hydroxylation sites is 1. The van der Waals surface area contributed by atoms with Crippen molar-refractivity contribution in [1.82, 2.24) is 19.3 Å². The van der Waals surface area contributed by atoms with Crippen LogP contribution in [-0.4, -0.2) is 46.7 Å². The fraction of sp³-hybridized carbons (Fsp3) is 0.286. The van der Waals surface area contributed by atoms with Crippen molar-refractivity contribution in [3.8, 4) is 5.69 Å². The lowest BCUT2D eigenvalue weighted by Gasteiger charge is -2.26. The molecule has 4 rings (SSSR count). The molecule has 2 heterocycles. The molecule has 8 nitrogen and oxygen atoms in total. The Kier molecular flexibility index (Phi) is 6.21. The van der Waals surface area contributed by atoms with E-state index in [2.05, 4.69) is 15.6 Å². The quantitative estimate of drug-likeness (QED) is 0.602. The number of carbonyl (C=O) groups is 1. The molecule has 0 atom stereocenters. The van der Waals surface area contributed by atoms with Crippen molar-refractivity contribution in [3.05, 3.63) is 66.0 Å². The Morgan fingerprint density at radius 3 is 2.45 bits per heavy atom. The highest BCUT2D eigenvalue weighted by atomic mass is 32.2. The topological polar surface area (TPSA) is 97.2 Å². The van der Waals surface area contributed by atoms with E-state index in [-0.39, 0.29) is 22.0 Å². The Morgan fingerprint density at radius 1 is 1.00 bits per heavy atom. The highest BCUT2D eigenvalue weighted by Crippen LogP contribution is 2.33. The van der Waals surface area contributed by atoms with Crippen LogP contribution in [0.15, 0.2) is 59.6 Å². The van der Waals surface area contributed by atoms with Gasteiger partial charge in [0.2, 0.25) is 10.0 Å². The maximum Gasteiger partial charge on any atom is 0.418 e. The third kappa shape index (κ3) is 4.91. The second kappa shape index (κ2) is 8.94. The van der Waals surface area contributed by atoms with Gasteiger partial charge in [-0.25, -0.2) is 13.1 Å². The third-order valence-electron chi connectivity index (χ3n) is 5.23. The molecule has 174 valence electrons. The van der Waals surface area contributed by atoms with Gasteiger partial charge >= 0.3 is 6.18 Å². The molecule has 3 aromatic rings. The van der Waals surface area contributed by atoms with Gasteiger partial charge < -0.3 is 5.32 Å². The largest absolute Gasteiger partial charge is 0.418 e. The zero-order valence-corrected chi connectivity index (χ0v) is 18.1. The van der Waals surface area contributed by atoms with Gasteiger partial charge in [0.05, 0.1) is 22.3 Å². The van der Waals surface area contributed by atoms with Gasteiger partial charge in [-0.05, 0) is 43.2 Å². The normalized spacial score (nSPS) is 15.4. The molecule has 0 bridgehead atoms. The van der Waals surface area contributed by atoms with Crippen molar-refractivity contribution in [3.63, 3.8) is 0 Å². The summed E-state index contributed by atoms with van der Waals surface area (Å²) in [5.41, 5.74) is -1.21. The standard InChI is InChI=1S/C21H20F3N5O3S/c22-21(23,24)17-9-2-3-10-19(17)29-14-18(26-27-29)20(30)25-15-7-6-8-16(13-15)33(31,32)28-11-4-1-5-12-28/h2-3,6-10,13-14H,1,4-5,11-12H2,(H,25,30). The fourth-order valence-corrected chi connectivity index (χ4v) is 5.15. The molecule has 0 radical (unpaired) electrons. The number of rotatable bonds is 5. The zero-order valence-electron chi connectivity index (χ0n) is 17.3. The van der Waals surface area contributed by atoms with E-state index < -0.39 is 27.7 Å². The van der Waals surface area contributed by atoms with Crippen LogP contribution in [0.3, 0.4) is 0 Å². The number of aromatic nitrogens is 3. The predicted octanol–water partition coefficient (Wildman–Crippen LogP) is 3.71. The molecule has 0 unspecified atom stereocenters. The number of piperidine rings is 1. The van der Waals surface area contributed by atoms with Crippen LogP contribution >= 0.6 is 0 Å². The maximum absolute atomic E-state index is 13.3. The fourth-order valence-electron chi connectivity index (χ4n) is 3.58. The average Bonchev–Trinajstić information content (AvgIpc) is 3.30. The second-order valence-electron chi connectivity index (χ2n) is 7.51. The molecular formula is C21H20F3N5O3S. The summed E-state index contributed by atoms with van der Waals surface area (Å²) in [4.78, 5) is 12.6. The number of hydrogen-bond donors (Lipinski definition) is 1. The molecule has 1 amide bonds. The summed E-state index contributed by atoms with van der Waals surface area (Å²) >= 11 is 0. The molecule has 1 aliphatic heterocycles. The lowest BCUT2D eigenvalue weighted by molar-refractivity contribution is -0.137. The lowest BCUT2D eigenvalue weighted by atomic mass is 10.1. The zero-order chi connectivity index (χ0) is 23.6. The number of alkyl halides is 3. The summed E-state index contributed by atoms with van der Waals surface area (Å²) in [6.45, 7) is 0.892. The molecule has 0 aliphatic carbocycles. The van der Waals surface area contributed by atoms with Crippen LogP contribution in [-0.2, 0) is 16.2 Å². The van der Waals surface area contributed by atoms with Crippen molar-refractivity contribution in [2.24, 2.45) is 0 Å². The van der Waals surface area contributed by atoms with Crippen LogP contribution in [0.2, 0.25) is 0 Å². The van der Waals surface area contributed by atoms with Crippen molar-refractivity contribution in [2.75, 3.05) is 18.4 Å². The van der Waals surface area contributed by atoms with Crippen LogP contribution in [0, 0.1) is 0 Å². The lowest BCUT2D eigenvalue weighted by Crippen LogP contribution is -2.35. The molecule has 12 heteroatoms. The molecule has 1 aliphatic rings. The van der Waals surface area contributed by atoms with E-state index >= 15 is 0 Å². The predicted molar refractivity (Wildman–Crippen MR) is 113 cm³/mol. The number of amides is 1. The molecule has 1 fully saturated rings. The monoisotopic (exact) mass is 479 g/mol. The minimum atomic E-state index is -4.61. The molecule has 2 aromatic carbocycles. The number of nitrogens with zero attached hydrogens (tertiary/aromatic N) is 4. The first-order valence-electron chi connectivity index (χ1n) is 10.2. The first-order valence-corrected chi connectivity index (χ1v) is 11.6. The summed E-state index contributed by atoms with van der Waals surface area (Å²) in [5, 5.41) is 9.83. The van der Waals surface area contributed by atoms with E-state index in [0.29, 0.717) is 13.1 Å². The van der Waals surface area contributed by atoms with E-state index in [9.17, 15) is 26.4 Å². The number of anilines is 1. The Balaban J connectivity index is 1.54. The first kappa shape index (κ1) is 22.9. The number of carbonyl (C=O) groups excluding carboxylic acids is 1. The van der Waals surface area contributed by atoms with Crippen molar-refractivity contribution >= 4 is 21.6 Å². The molecule has 1 aromatic heterocycles. The van der Waals surface area contributed by atoms with Gasteiger partial charge in [-0.1, -0.05) is 29.8 Å². The SMILES string of the molecule is O=C(Nc1cccc(S(=O)(=O)N2CCCCC2)c1)c1cn(-c2ccccc2C(F)(F)F)nn1. The number of sulfonamides is 1. The van der Waals surface area contributed by atoms with E-state index in [1.807, 2.05) is 0 Å². The second-order valence-corrected chi connectivity index (χ2v) is 9.45. The highest BCUT2D eigenvalue weighted by molar-refractivity contribution is 7.89. The molecule has 1 saturated heterocycles. The van der Waals surface area contributed by atoms with Crippen LogP contribution in [0.25, 0.3) is 5.69 Å². The van der Waals surface area contributed by atoms with E-state index in [4.69, 9.17) is 0 Å². The van der Waals surface area contributed by atoms with E-state index in [1.165, 1.54) is 46.8 Å². The molecule has 1 N–H and O–H groups in total. The van der Waals surface area contributed by atoms with Gasteiger partial charge in [0, 0.05) is 18.8 Å². The smallest absolute Gasteiger partial charge is 0.321 e. The van der Waals surface area contributed by atoms with Crippen molar-refractivity contribution in [1.29, 1.82) is 0 Å². The Hall–Kier alpha value is -3.25. The maximum atomic E-state index is 13.3. The summed E-state index contributed by atoms with van der Waals surface area (Å²) in [5.74, 6) is -0.738. The van der Waals surface area contributed by atoms with Gasteiger partial charge in [0.15, 0.2) is 5.69 Å². The summed E-state index contributed by atoms with van der Waals surface area (Å²) in [6, 6.07) is 10.6. The Bertz CT molecular complexity index is 1270. The van der Waals surface area contributed by atoms with Crippen LogP contribution in [0.4, 0.5) is 18.9 Å². The van der Waals surface area contributed by atoms with Crippen LogP contribution in [0.5, 0.6) is 0 Å². The van der Waals surface area contributed by atoms with Crippen molar-refractivity contribution < 1.29 is 26.4 Å². The minimum absolute atomic E-state index is 0.0463. The van der Waals surface area contributed by atoms with Gasteiger partial charge in [-0.15, -0.1) is 5.10 Å². The number of nitrogens with one attached hydrogen (secondary N) is 1. The molecule has 0 spiro atoms. The van der Waals surface area contributed by atoms with E-state index in [1.54, 1.807) is 0 Å². The van der Waals surface area contributed by atoms with Gasteiger partial charge in [-0.2, -0.15) is 17.5 Å². The minimum Gasteiger partial charge on any atom is -0.321 e.